The number of aliphatic hydroxyl groups excluding tert-OH is 1. The van der Waals surface area contributed by atoms with Crippen molar-refractivity contribution in [2.75, 3.05) is 12.4 Å². The van der Waals surface area contributed by atoms with Crippen molar-refractivity contribution >= 4 is 11.8 Å². The monoisotopic (exact) mass is 315 g/mol. The normalized spacial score (nSPS) is 11.0. The molecule has 0 aliphatic rings. The topological polar surface area (TPSA) is 64.1 Å². The number of nitrogens with zero attached hydrogens (tertiary/aromatic N) is 3. The molecule has 0 aliphatic carbocycles. The molecular weight excluding hydrogens is 298 g/mol. The molecule has 5 nitrogen and oxygen atoms in total. The minimum atomic E-state index is 0.185. The van der Waals surface area contributed by atoms with E-state index in [1.807, 2.05) is 42.5 Å². The number of aromatic nitrogens is 3. The van der Waals surface area contributed by atoms with Crippen LogP contribution in [-0.4, -0.2) is 32.2 Å². The van der Waals surface area contributed by atoms with E-state index in [1.165, 1.54) is 0 Å². The van der Waals surface area contributed by atoms with Gasteiger partial charge < -0.3 is 9.52 Å². The van der Waals surface area contributed by atoms with Gasteiger partial charge in [-0.1, -0.05) is 42.1 Å². The van der Waals surface area contributed by atoms with Crippen LogP contribution in [0.2, 0.25) is 0 Å². The molecule has 3 aromatic rings. The lowest BCUT2D eigenvalue weighted by atomic mass is 10.2. The van der Waals surface area contributed by atoms with E-state index in [4.69, 9.17) is 9.52 Å². The molecule has 2 aromatic heterocycles. The summed E-state index contributed by atoms with van der Waals surface area (Å²) in [4.78, 5) is 0. The molecular formula is C16H17N3O2S. The zero-order valence-electron chi connectivity index (χ0n) is 12.1. The van der Waals surface area contributed by atoms with E-state index in [1.54, 1.807) is 18.0 Å². The first-order chi connectivity index (χ1) is 10.9. The zero-order valence-corrected chi connectivity index (χ0v) is 12.9. The molecule has 0 fully saturated rings. The summed E-state index contributed by atoms with van der Waals surface area (Å²) in [6.45, 7) is 0.774. The van der Waals surface area contributed by atoms with E-state index in [-0.39, 0.29) is 6.61 Å². The summed E-state index contributed by atoms with van der Waals surface area (Å²) in [6, 6.07) is 13.8. The molecule has 22 heavy (non-hydrogen) atoms. The summed E-state index contributed by atoms with van der Waals surface area (Å²) < 4.78 is 7.50. The van der Waals surface area contributed by atoms with Crippen LogP contribution in [0.4, 0.5) is 0 Å². The van der Waals surface area contributed by atoms with Crippen molar-refractivity contribution in [1.29, 1.82) is 0 Å². The standard InChI is InChI=1S/C16H17N3O2S/c20-9-5-11-22-16-18-17-15(13-6-2-1-3-7-13)19(16)12-14-8-4-10-21-14/h1-4,6-8,10,20H,5,9,11-12H2. The Balaban J connectivity index is 1.92. The Morgan fingerprint density at radius 1 is 1.09 bits per heavy atom. The quantitative estimate of drug-likeness (QED) is 0.536. The molecule has 1 N–H and O–H groups in total. The van der Waals surface area contributed by atoms with Gasteiger partial charge in [0, 0.05) is 17.9 Å². The summed E-state index contributed by atoms with van der Waals surface area (Å²) in [7, 11) is 0. The van der Waals surface area contributed by atoms with Gasteiger partial charge in [0.05, 0.1) is 12.8 Å². The van der Waals surface area contributed by atoms with E-state index >= 15 is 0 Å². The molecule has 1 aromatic carbocycles. The Labute approximate surface area is 133 Å². The minimum absolute atomic E-state index is 0.185. The van der Waals surface area contributed by atoms with E-state index < -0.39 is 0 Å². The zero-order chi connectivity index (χ0) is 15.2. The second-order valence-electron chi connectivity index (χ2n) is 4.76. The Morgan fingerprint density at radius 2 is 1.95 bits per heavy atom. The maximum absolute atomic E-state index is 8.93. The molecule has 0 bridgehead atoms. The molecule has 114 valence electrons. The first-order valence-electron chi connectivity index (χ1n) is 7.13. The number of thioether (sulfide) groups is 1. The summed E-state index contributed by atoms with van der Waals surface area (Å²) in [5.74, 6) is 2.49. The number of hydrogen-bond acceptors (Lipinski definition) is 5. The van der Waals surface area contributed by atoms with Gasteiger partial charge in [-0.05, 0) is 18.6 Å². The van der Waals surface area contributed by atoms with Gasteiger partial charge in [0.15, 0.2) is 11.0 Å². The molecule has 2 heterocycles. The van der Waals surface area contributed by atoms with Crippen LogP contribution in [0.25, 0.3) is 11.4 Å². The lowest BCUT2D eigenvalue weighted by Gasteiger charge is -2.08. The Kier molecular flexibility index (Phi) is 4.92. The molecule has 3 rings (SSSR count). The van der Waals surface area contributed by atoms with E-state index in [9.17, 15) is 0 Å². The van der Waals surface area contributed by atoms with Crippen LogP contribution in [0.3, 0.4) is 0 Å². The first kappa shape index (κ1) is 14.9. The maximum atomic E-state index is 8.93. The highest BCUT2D eigenvalue weighted by Crippen LogP contribution is 2.25. The maximum Gasteiger partial charge on any atom is 0.191 e. The van der Waals surface area contributed by atoms with Crippen molar-refractivity contribution in [3.63, 3.8) is 0 Å². The highest BCUT2D eigenvalue weighted by molar-refractivity contribution is 7.99. The average molecular weight is 315 g/mol. The Hall–Kier alpha value is -2.05. The third-order valence-electron chi connectivity index (χ3n) is 3.18. The second-order valence-corrected chi connectivity index (χ2v) is 5.83. The van der Waals surface area contributed by atoms with Gasteiger partial charge in [-0.2, -0.15) is 0 Å². The van der Waals surface area contributed by atoms with Crippen molar-refractivity contribution in [3.05, 3.63) is 54.5 Å². The lowest BCUT2D eigenvalue weighted by molar-refractivity contribution is 0.296. The van der Waals surface area contributed by atoms with Gasteiger partial charge in [0.1, 0.15) is 5.76 Å². The molecule has 0 amide bonds. The molecule has 0 saturated heterocycles. The number of hydrogen-bond donors (Lipinski definition) is 1. The fraction of sp³-hybridized carbons (Fsp3) is 0.250. The van der Waals surface area contributed by atoms with Crippen molar-refractivity contribution in [2.45, 2.75) is 18.1 Å². The molecule has 0 spiro atoms. The number of rotatable bonds is 7. The van der Waals surface area contributed by atoms with Crippen molar-refractivity contribution < 1.29 is 9.52 Å². The summed E-state index contributed by atoms with van der Waals surface area (Å²) in [6.07, 6.45) is 2.40. The fourth-order valence-electron chi connectivity index (χ4n) is 2.13. The van der Waals surface area contributed by atoms with E-state index in [0.29, 0.717) is 6.54 Å². The molecule has 6 heteroatoms. The summed E-state index contributed by atoms with van der Waals surface area (Å²) >= 11 is 1.60. The smallest absolute Gasteiger partial charge is 0.191 e. The van der Waals surface area contributed by atoms with E-state index in [2.05, 4.69) is 14.8 Å². The summed E-state index contributed by atoms with van der Waals surface area (Å²) in [5, 5.41) is 18.4. The minimum Gasteiger partial charge on any atom is -0.467 e. The van der Waals surface area contributed by atoms with Crippen LogP contribution in [0.1, 0.15) is 12.2 Å². The van der Waals surface area contributed by atoms with Crippen LogP contribution in [0.5, 0.6) is 0 Å². The molecule has 0 radical (unpaired) electrons. The largest absolute Gasteiger partial charge is 0.467 e. The van der Waals surface area contributed by atoms with Crippen LogP contribution >= 0.6 is 11.8 Å². The van der Waals surface area contributed by atoms with Gasteiger partial charge >= 0.3 is 0 Å². The van der Waals surface area contributed by atoms with Gasteiger partial charge in [-0.25, -0.2) is 0 Å². The van der Waals surface area contributed by atoms with Crippen molar-refractivity contribution in [1.82, 2.24) is 14.8 Å². The highest BCUT2D eigenvalue weighted by Gasteiger charge is 2.15. The third kappa shape index (κ3) is 3.40. The Morgan fingerprint density at radius 3 is 2.68 bits per heavy atom. The fourth-order valence-corrected chi connectivity index (χ4v) is 2.99. The van der Waals surface area contributed by atoms with Crippen LogP contribution in [0.15, 0.2) is 58.3 Å². The van der Waals surface area contributed by atoms with Crippen molar-refractivity contribution in [3.8, 4) is 11.4 Å². The average Bonchev–Trinajstić information content (AvgIpc) is 3.20. The van der Waals surface area contributed by atoms with Gasteiger partial charge in [0.2, 0.25) is 0 Å². The number of aliphatic hydroxyl groups is 1. The Bertz CT molecular complexity index is 696. The SMILES string of the molecule is OCCCSc1nnc(-c2ccccc2)n1Cc1ccco1. The molecule has 0 saturated carbocycles. The number of benzene rings is 1. The van der Waals surface area contributed by atoms with Gasteiger partial charge in [0.25, 0.3) is 0 Å². The lowest BCUT2D eigenvalue weighted by Crippen LogP contribution is -2.03. The van der Waals surface area contributed by atoms with Gasteiger partial charge in [-0.3, -0.25) is 4.57 Å². The second kappa shape index (κ2) is 7.29. The van der Waals surface area contributed by atoms with Crippen LogP contribution in [0, 0.1) is 0 Å². The third-order valence-corrected chi connectivity index (χ3v) is 4.23. The molecule has 0 unspecified atom stereocenters. The van der Waals surface area contributed by atoms with Crippen LogP contribution in [-0.2, 0) is 6.54 Å². The van der Waals surface area contributed by atoms with E-state index in [0.717, 1.165) is 34.5 Å². The summed E-state index contributed by atoms with van der Waals surface area (Å²) in [5.41, 5.74) is 1.02. The van der Waals surface area contributed by atoms with Crippen LogP contribution < -0.4 is 0 Å². The van der Waals surface area contributed by atoms with Crippen molar-refractivity contribution in [2.24, 2.45) is 0 Å². The predicted molar refractivity (Wildman–Crippen MR) is 85.7 cm³/mol. The highest BCUT2D eigenvalue weighted by atomic mass is 32.2. The number of furan rings is 1. The predicted octanol–water partition coefficient (Wildman–Crippen LogP) is 3.06. The van der Waals surface area contributed by atoms with Gasteiger partial charge in [-0.15, -0.1) is 10.2 Å². The first-order valence-corrected chi connectivity index (χ1v) is 8.11. The molecule has 0 atom stereocenters. The molecule has 0 aliphatic heterocycles.